The molecule has 3 aromatic carbocycles. The molecule has 0 aliphatic carbocycles. The minimum Gasteiger partial charge on any atom is -0.493 e. The number of imide groups is 2. The van der Waals surface area contributed by atoms with Crippen LogP contribution in [-0.4, -0.2) is 25.0 Å². The van der Waals surface area contributed by atoms with Crippen LogP contribution in [0.1, 0.15) is 22.3 Å². The van der Waals surface area contributed by atoms with Crippen LogP contribution < -0.4 is 19.7 Å². The topological polar surface area (TPSA) is 84.9 Å². The molecule has 37 heavy (non-hydrogen) atoms. The highest BCUT2D eigenvalue weighted by Gasteiger charge is 2.37. The molecule has 0 aromatic heterocycles. The number of hydrogen-bond acceptors (Lipinski definition) is 5. The molecule has 4 amide bonds. The number of methoxy groups -OCH3 is 1. The second-order valence-corrected chi connectivity index (χ2v) is 10.3. The molecule has 0 bridgehead atoms. The molecule has 1 heterocycles. The SMILES string of the molecule is COc1cc(/C=C2\C(=O)NC(=O)N(c3ccc(C)c(C)c3)C2=O)cc(I)c1OCc1ccc(Cl)c(Cl)c1. The molecule has 0 saturated carbocycles. The number of hydrogen-bond donors (Lipinski definition) is 1. The summed E-state index contributed by atoms with van der Waals surface area (Å²) in [6, 6.07) is 13.0. The number of urea groups is 1. The maximum absolute atomic E-state index is 13.3. The van der Waals surface area contributed by atoms with E-state index in [4.69, 9.17) is 32.7 Å². The van der Waals surface area contributed by atoms with Crippen molar-refractivity contribution in [3.05, 3.63) is 90.0 Å². The van der Waals surface area contributed by atoms with E-state index in [1.54, 1.807) is 36.4 Å². The van der Waals surface area contributed by atoms with Crippen molar-refractivity contribution in [3.8, 4) is 11.5 Å². The van der Waals surface area contributed by atoms with Gasteiger partial charge >= 0.3 is 6.03 Å². The van der Waals surface area contributed by atoms with Gasteiger partial charge in [-0.15, -0.1) is 0 Å². The fourth-order valence-corrected chi connectivity index (χ4v) is 4.77. The molecule has 1 aliphatic rings. The largest absolute Gasteiger partial charge is 0.493 e. The van der Waals surface area contributed by atoms with Crippen LogP contribution in [-0.2, 0) is 16.2 Å². The molecule has 1 N–H and O–H groups in total. The summed E-state index contributed by atoms with van der Waals surface area (Å²) in [5.41, 5.74) is 3.47. The number of aryl methyl sites for hydroxylation is 2. The highest BCUT2D eigenvalue weighted by atomic mass is 127. The molecule has 1 saturated heterocycles. The third-order valence-electron chi connectivity index (χ3n) is 5.78. The molecule has 0 atom stereocenters. The Morgan fingerprint density at radius 3 is 2.41 bits per heavy atom. The summed E-state index contributed by atoms with van der Waals surface area (Å²) >= 11 is 14.2. The standard InChI is InChI=1S/C27H21Cl2IN2O5/c1-14-4-6-18(8-15(14)2)32-26(34)19(25(33)31-27(32)35)9-17-11-22(30)24(23(12-17)36-3)37-13-16-5-7-20(28)21(29)10-16/h4-12H,13H2,1-3H3,(H,31,33,35)/b19-9+. The minimum absolute atomic E-state index is 0.180. The van der Waals surface area contributed by atoms with Crippen molar-refractivity contribution in [1.29, 1.82) is 0 Å². The lowest BCUT2D eigenvalue weighted by Gasteiger charge is -2.27. The first kappa shape index (κ1) is 27.0. The summed E-state index contributed by atoms with van der Waals surface area (Å²) in [6.45, 7) is 4.03. The monoisotopic (exact) mass is 650 g/mol. The van der Waals surface area contributed by atoms with Crippen molar-refractivity contribution >= 4 is 75.4 Å². The second kappa shape index (κ2) is 11.1. The Bertz CT molecular complexity index is 1470. The Balaban J connectivity index is 1.64. The van der Waals surface area contributed by atoms with Crippen molar-refractivity contribution in [2.45, 2.75) is 20.5 Å². The first-order valence-electron chi connectivity index (χ1n) is 11.0. The van der Waals surface area contributed by atoms with Gasteiger partial charge in [0.05, 0.1) is 26.4 Å². The van der Waals surface area contributed by atoms with Crippen LogP contribution in [0, 0.1) is 17.4 Å². The molecule has 0 unspecified atom stereocenters. The number of anilines is 1. The van der Waals surface area contributed by atoms with Crippen LogP contribution in [0.4, 0.5) is 10.5 Å². The van der Waals surface area contributed by atoms with Gasteiger partial charge in [0.2, 0.25) is 0 Å². The number of rotatable bonds is 6. The quantitative estimate of drug-likeness (QED) is 0.188. The number of carbonyl (C=O) groups excluding carboxylic acids is 3. The van der Waals surface area contributed by atoms with E-state index >= 15 is 0 Å². The highest BCUT2D eigenvalue weighted by molar-refractivity contribution is 14.1. The molecule has 0 radical (unpaired) electrons. The van der Waals surface area contributed by atoms with Crippen LogP contribution in [0.15, 0.2) is 54.1 Å². The molecular formula is C27H21Cl2IN2O5. The zero-order valence-corrected chi connectivity index (χ0v) is 23.7. The Morgan fingerprint density at radius 1 is 0.973 bits per heavy atom. The second-order valence-electron chi connectivity index (χ2n) is 8.30. The number of halogens is 3. The van der Waals surface area contributed by atoms with Crippen molar-refractivity contribution in [2.24, 2.45) is 0 Å². The van der Waals surface area contributed by atoms with Gasteiger partial charge in [-0.05, 0) is 101 Å². The third kappa shape index (κ3) is 5.76. The average Bonchev–Trinajstić information content (AvgIpc) is 2.85. The van der Waals surface area contributed by atoms with E-state index in [2.05, 4.69) is 27.9 Å². The Hall–Kier alpha value is -3.08. The molecular weight excluding hydrogens is 630 g/mol. The van der Waals surface area contributed by atoms with Crippen LogP contribution in [0.2, 0.25) is 10.0 Å². The van der Waals surface area contributed by atoms with Gasteiger partial charge in [-0.2, -0.15) is 0 Å². The first-order chi connectivity index (χ1) is 17.6. The summed E-state index contributed by atoms with van der Waals surface area (Å²) in [7, 11) is 1.49. The van der Waals surface area contributed by atoms with Crippen LogP contribution in [0.3, 0.4) is 0 Å². The number of nitrogens with zero attached hydrogens (tertiary/aromatic N) is 1. The zero-order valence-electron chi connectivity index (χ0n) is 20.0. The van der Waals surface area contributed by atoms with E-state index in [1.165, 1.54) is 13.2 Å². The van der Waals surface area contributed by atoms with Gasteiger partial charge in [0, 0.05) is 0 Å². The summed E-state index contributed by atoms with van der Waals surface area (Å²) < 4.78 is 12.2. The molecule has 10 heteroatoms. The molecule has 7 nitrogen and oxygen atoms in total. The predicted molar refractivity (Wildman–Crippen MR) is 151 cm³/mol. The van der Waals surface area contributed by atoms with Gasteiger partial charge in [0.1, 0.15) is 12.2 Å². The molecule has 190 valence electrons. The molecule has 3 aromatic rings. The summed E-state index contributed by atoms with van der Waals surface area (Å²) in [5, 5.41) is 3.12. The van der Waals surface area contributed by atoms with E-state index in [0.717, 1.165) is 21.6 Å². The normalized spacial score (nSPS) is 14.7. The summed E-state index contributed by atoms with van der Waals surface area (Å²) in [4.78, 5) is 39.4. The van der Waals surface area contributed by atoms with E-state index in [1.807, 2.05) is 26.0 Å². The van der Waals surface area contributed by atoms with Crippen molar-refractivity contribution in [2.75, 3.05) is 12.0 Å². The number of carbonyl (C=O) groups is 3. The van der Waals surface area contributed by atoms with Gasteiger partial charge in [0.15, 0.2) is 11.5 Å². The molecule has 0 spiro atoms. The smallest absolute Gasteiger partial charge is 0.335 e. The van der Waals surface area contributed by atoms with Gasteiger partial charge in [-0.3, -0.25) is 14.9 Å². The van der Waals surface area contributed by atoms with E-state index in [-0.39, 0.29) is 12.2 Å². The Labute approximate surface area is 237 Å². The van der Waals surface area contributed by atoms with E-state index in [9.17, 15) is 14.4 Å². The molecule has 4 rings (SSSR count). The van der Waals surface area contributed by atoms with Crippen LogP contribution in [0.5, 0.6) is 11.5 Å². The van der Waals surface area contributed by atoms with Crippen LogP contribution in [0.25, 0.3) is 6.08 Å². The Kier molecular flexibility index (Phi) is 8.11. The Morgan fingerprint density at radius 2 is 1.73 bits per heavy atom. The average molecular weight is 651 g/mol. The van der Waals surface area contributed by atoms with Crippen LogP contribution >= 0.6 is 45.8 Å². The first-order valence-corrected chi connectivity index (χ1v) is 12.9. The maximum Gasteiger partial charge on any atom is 0.335 e. The lowest BCUT2D eigenvalue weighted by Crippen LogP contribution is -2.54. The van der Waals surface area contributed by atoms with Crippen molar-refractivity contribution in [1.82, 2.24) is 5.32 Å². The van der Waals surface area contributed by atoms with E-state index < -0.39 is 17.8 Å². The summed E-state index contributed by atoms with van der Waals surface area (Å²) in [5.74, 6) is -0.595. The number of amides is 4. The number of nitrogens with one attached hydrogen (secondary N) is 1. The number of benzene rings is 3. The minimum atomic E-state index is -0.798. The highest BCUT2D eigenvalue weighted by Crippen LogP contribution is 2.36. The van der Waals surface area contributed by atoms with Crippen molar-refractivity contribution in [3.63, 3.8) is 0 Å². The maximum atomic E-state index is 13.3. The van der Waals surface area contributed by atoms with E-state index in [0.29, 0.717) is 36.4 Å². The third-order valence-corrected chi connectivity index (χ3v) is 7.32. The molecule has 1 fully saturated rings. The lowest BCUT2D eigenvalue weighted by molar-refractivity contribution is -0.122. The van der Waals surface area contributed by atoms with Gasteiger partial charge in [-0.1, -0.05) is 35.3 Å². The lowest BCUT2D eigenvalue weighted by atomic mass is 10.0. The number of barbiturate groups is 1. The van der Waals surface area contributed by atoms with Gasteiger partial charge in [-0.25, -0.2) is 9.69 Å². The number of ether oxygens (including phenoxy) is 2. The molecule has 1 aliphatic heterocycles. The van der Waals surface area contributed by atoms with Gasteiger partial charge in [0.25, 0.3) is 11.8 Å². The van der Waals surface area contributed by atoms with Crippen molar-refractivity contribution < 1.29 is 23.9 Å². The zero-order chi connectivity index (χ0) is 26.9. The fraction of sp³-hybridized carbons (Fsp3) is 0.148. The summed E-state index contributed by atoms with van der Waals surface area (Å²) in [6.07, 6.45) is 1.42. The fourth-order valence-electron chi connectivity index (χ4n) is 3.67. The predicted octanol–water partition coefficient (Wildman–Crippen LogP) is 6.47. The van der Waals surface area contributed by atoms with Gasteiger partial charge < -0.3 is 9.47 Å².